The number of para-hydroxylation sites is 1. The van der Waals surface area contributed by atoms with E-state index in [1.165, 1.54) is 6.92 Å². The molecule has 1 atom stereocenters. The Bertz CT molecular complexity index is 934. The molecule has 0 aliphatic heterocycles. The van der Waals surface area contributed by atoms with Gasteiger partial charge in [-0.3, -0.25) is 4.79 Å². The topological polar surface area (TPSA) is 92.3 Å². The molecule has 124 valence electrons. The Balaban J connectivity index is 1.63. The van der Waals surface area contributed by atoms with E-state index in [4.69, 9.17) is 14.4 Å². The molecule has 6 heteroatoms. The highest BCUT2D eigenvalue weighted by Gasteiger charge is 2.21. The average molecular weight is 334 g/mol. The number of hydrogen-bond donors (Lipinski definition) is 1. The number of fused-ring (bicyclic) bond motifs is 1. The number of ether oxygens (including phenoxy) is 1. The maximum Gasteiger partial charge on any atom is 0.375 e. The average Bonchev–Trinajstić information content (AvgIpc) is 3.06. The molecule has 2 aromatic carbocycles. The molecule has 1 amide bonds. The number of esters is 1. The van der Waals surface area contributed by atoms with Crippen LogP contribution in [0.25, 0.3) is 11.0 Å². The second kappa shape index (κ2) is 6.89. The van der Waals surface area contributed by atoms with Crippen molar-refractivity contribution in [2.45, 2.75) is 13.0 Å². The van der Waals surface area contributed by atoms with Crippen molar-refractivity contribution in [1.29, 1.82) is 5.26 Å². The van der Waals surface area contributed by atoms with Crippen molar-refractivity contribution in [2.24, 2.45) is 0 Å². The molecule has 0 radical (unpaired) electrons. The van der Waals surface area contributed by atoms with E-state index < -0.39 is 18.0 Å². The number of nitrogens with one attached hydrogen (secondary N) is 1. The molecule has 0 spiro atoms. The summed E-state index contributed by atoms with van der Waals surface area (Å²) in [4.78, 5) is 24.3. The van der Waals surface area contributed by atoms with Crippen LogP contribution in [-0.4, -0.2) is 18.0 Å². The predicted octanol–water partition coefficient (Wildman–Crippen LogP) is 3.49. The number of amides is 1. The fourth-order valence-corrected chi connectivity index (χ4v) is 2.23. The van der Waals surface area contributed by atoms with Crippen LogP contribution >= 0.6 is 0 Å². The number of nitriles is 1. The van der Waals surface area contributed by atoms with Gasteiger partial charge in [-0.05, 0) is 43.3 Å². The van der Waals surface area contributed by atoms with Crippen LogP contribution in [0.15, 0.2) is 59.0 Å². The van der Waals surface area contributed by atoms with Gasteiger partial charge in [-0.1, -0.05) is 18.2 Å². The molecule has 3 rings (SSSR count). The lowest BCUT2D eigenvalue weighted by Gasteiger charge is -2.12. The quantitative estimate of drug-likeness (QED) is 0.737. The zero-order valence-corrected chi connectivity index (χ0v) is 13.4. The van der Waals surface area contributed by atoms with Gasteiger partial charge < -0.3 is 14.5 Å². The summed E-state index contributed by atoms with van der Waals surface area (Å²) in [6.45, 7) is 1.47. The van der Waals surface area contributed by atoms with E-state index in [9.17, 15) is 9.59 Å². The summed E-state index contributed by atoms with van der Waals surface area (Å²) in [6.07, 6.45) is -1.00. The summed E-state index contributed by atoms with van der Waals surface area (Å²) < 4.78 is 10.6. The van der Waals surface area contributed by atoms with Crippen LogP contribution in [0.1, 0.15) is 23.0 Å². The first kappa shape index (κ1) is 16.3. The Morgan fingerprint density at radius 2 is 1.88 bits per heavy atom. The van der Waals surface area contributed by atoms with Gasteiger partial charge in [0.2, 0.25) is 5.76 Å². The molecule has 0 saturated carbocycles. The number of nitrogens with zero attached hydrogens (tertiary/aromatic N) is 1. The highest BCUT2D eigenvalue weighted by molar-refractivity contribution is 5.98. The second-order valence-electron chi connectivity index (χ2n) is 5.37. The molecular weight excluding hydrogens is 320 g/mol. The number of carbonyl (C=O) groups excluding carboxylic acids is 2. The normalized spacial score (nSPS) is 11.5. The lowest BCUT2D eigenvalue weighted by molar-refractivity contribution is -0.123. The zero-order chi connectivity index (χ0) is 17.8. The van der Waals surface area contributed by atoms with Crippen molar-refractivity contribution in [1.82, 2.24) is 0 Å². The lowest BCUT2D eigenvalue weighted by Crippen LogP contribution is -2.29. The van der Waals surface area contributed by atoms with Crippen molar-refractivity contribution in [3.05, 3.63) is 65.9 Å². The third kappa shape index (κ3) is 3.67. The van der Waals surface area contributed by atoms with E-state index in [1.807, 2.05) is 18.2 Å². The summed E-state index contributed by atoms with van der Waals surface area (Å²) in [5.41, 5.74) is 1.57. The summed E-state index contributed by atoms with van der Waals surface area (Å²) in [5, 5.41) is 12.2. The lowest BCUT2D eigenvalue weighted by atomic mass is 10.2. The van der Waals surface area contributed by atoms with Gasteiger partial charge in [0.25, 0.3) is 5.91 Å². The van der Waals surface area contributed by atoms with Crippen molar-refractivity contribution in [2.75, 3.05) is 5.32 Å². The molecular formula is C19H14N2O4. The number of rotatable bonds is 4. The Morgan fingerprint density at radius 1 is 1.16 bits per heavy atom. The summed E-state index contributed by atoms with van der Waals surface area (Å²) in [7, 11) is 0. The minimum Gasteiger partial charge on any atom is -0.449 e. The first-order valence-corrected chi connectivity index (χ1v) is 7.57. The molecule has 3 aromatic rings. The Labute approximate surface area is 143 Å². The van der Waals surface area contributed by atoms with Crippen LogP contribution in [0, 0.1) is 11.3 Å². The van der Waals surface area contributed by atoms with Crippen LogP contribution in [0.2, 0.25) is 0 Å². The minimum atomic E-state index is -1.00. The number of furan rings is 1. The van der Waals surface area contributed by atoms with Crippen LogP contribution in [0.3, 0.4) is 0 Å². The van der Waals surface area contributed by atoms with E-state index in [1.54, 1.807) is 42.5 Å². The van der Waals surface area contributed by atoms with E-state index >= 15 is 0 Å². The molecule has 0 saturated heterocycles. The van der Waals surface area contributed by atoms with Gasteiger partial charge in [0, 0.05) is 11.1 Å². The molecule has 0 unspecified atom stereocenters. The number of carbonyl (C=O) groups is 2. The Morgan fingerprint density at radius 3 is 2.56 bits per heavy atom. The summed E-state index contributed by atoms with van der Waals surface area (Å²) >= 11 is 0. The molecule has 25 heavy (non-hydrogen) atoms. The van der Waals surface area contributed by atoms with Crippen LogP contribution in [0.5, 0.6) is 0 Å². The third-order valence-corrected chi connectivity index (χ3v) is 3.56. The smallest absolute Gasteiger partial charge is 0.375 e. The van der Waals surface area contributed by atoms with Crippen molar-refractivity contribution < 1.29 is 18.7 Å². The van der Waals surface area contributed by atoms with Crippen molar-refractivity contribution in [3.8, 4) is 6.07 Å². The Hall–Kier alpha value is -3.59. The van der Waals surface area contributed by atoms with Gasteiger partial charge in [0.05, 0.1) is 11.6 Å². The van der Waals surface area contributed by atoms with Gasteiger partial charge in [0.1, 0.15) is 5.58 Å². The van der Waals surface area contributed by atoms with Crippen LogP contribution in [-0.2, 0) is 9.53 Å². The standard InChI is InChI=1S/C19H14N2O4/c1-12(18(22)21-15-8-6-13(11-20)7-9-15)24-19(23)17-10-14-4-2-3-5-16(14)25-17/h2-10,12H,1H3,(H,21,22)/t12-/m1/s1. The van der Waals surface area contributed by atoms with E-state index in [2.05, 4.69) is 5.32 Å². The fraction of sp³-hybridized carbons (Fsp3) is 0.105. The highest BCUT2D eigenvalue weighted by atomic mass is 16.6. The molecule has 1 aromatic heterocycles. The summed E-state index contributed by atoms with van der Waals surface area (Å²) in [5.74, 6) is -1.15. The Kier molecular flexibility index (Phi) is 4.48. The van der Waals surface area contributed by atoms with Gasteiger partial charge in [0.15, 0.2) is 6.10 Å². The van der Waals surface area contributed by atoms with Gasteiger partial charge >= 0.3 is 5.97 Å². The zero-order valence-electron chi connectivity index (χ0n) is 13.4. The van der Waals surface area contributed by atoms with Crippen molar-refractivity contribution >= 4 is 28.5 Å². The SMILES string of the molecule is C[C@@H](OC(=O)c1cc2ccccc2o1)C(=O)Nc1ccc(C#N)cc1. The molecule has 0 aliphatic carbocycles. The monoisotopic (exact) mass is 334 g/mol. The summed E-state index contributed by atoms with van der Waals surface area (Å²) in [6, 6.07) is 17.1. The van der Waals surface area contributed by atoms with E-state index in [-0.39, 0.29) is 5.76 Å². The number of benzene rings is 2. The first-order chi connectivity index (χ1) is 12.1. The molecule has 0 fully saturated rings. The molecule has 0 aliphatic rings. The third-order valence-electron chi connectivity index (χ3n) is 3.56. The molecule has 6 nitrogen and oxygen atoms in total. The van der Waals surface area contributed by atoms with Crippen LogP contribution < -0.4 is 5.32 Å². The largest absolute Gasteiger partial charge is 0.449 e. The highest BCUT2D eigenvalue weighted by Crippen LogP contribution is 2.20. The fourth-order valence-electron chi connectivity index (χ4n) is 2.23. The van der Waals surface area contributed by atoms with Gasteiger partial charge in [-0.2, -0.15) is 5.26 Å². The van der Waals surface area contributed by atoms with Crippen LogP contribution in [0.4, 0.5) is 5.69 Å². The second-order valence-corrected chi connectivity index (χ2v) is 5.37. The molecule has 1 heterocycles. The predicted molar refractivity (Wildman–Crippen MR) is 90.9 cm³/mol. The molecule has 0 bridgehead atoms. The van der Waals surface area contributed by atoms with Crippen molar-refractivity contribution in [3.63, 3.8) is 0 Å². The first-order valence-electron chi connectivity index (χ1n) is 7.57. The number of anilines is 1. The maximum absolute atomic E-state index is 12.1. The number of hydrogen-bond acceptors (Lipinski definition) is 5. The molecule has 1 N–H and O–H groups in total. The maximum atomic E-state index is 12.1. The minimum absolute atomic E-state index is 0.0409. The van der Waals surface area contributed by atoms with E-state index in [0.717, 1.165) is 5.39 Å². The van der Waals surface area contributed by atoms with Gasteiger partial charge in [-0.25, -0.2) is 4.79 Å². The van der Waals surface area contributed by atoms with Gasteiger partial charge in [-0.15, -0.1) is 0 Å². The van der Waals surface area contributed by atoms with E-state index in [0.29, 0.717) is 16.8 Å².